The molecule has 0 aromatic heterocycles. The van der Waals surface area contributed by atoms with E-state index in [2.05, 4.69) is 0 Å². The average Bonchev–Trinajstić information content (AvgIpc) is 2.49. The highest BCUT2D eigenvalue weighted by Gasteiger charge is 2.13. The fourth-order valence-electron chi connectivity index (χ4n) is 1.88. The zero-order valence-corrected chi connectivity index (χ0v) is 11.4. The molecule has 0 atom stereocenters. The van der Waals surface area contributed by atoms with Crippen LogP contribution in [-0.4, -0.2) is 0 Å². The van der Waals surface area contributed by atoms with E-state index in [0.717, 1.165) is 11.1 Å². The summed E-state index contributed by atoms with van der Waals surface area (Å²) in [5.41, 5.74) is 2.50. The summed E-state index contributed by atoms with van der Waals surface area (Å²) >= 11 is 6.20. The molecule has 0 unspecified atom stereocenters. The molecule has 0 spiro atoms. The lowest BCUT2D eigenvalue weighted by molar-refractivity contribution is 0.661. The normalized spacial score (nSPS) is 11.2. The number of rotatable bonds is 3. The summed E-state index contributed by atoms with van der Waals surface area (Å²) in [4.78, 5) is 0. The highest BCUT2D eigenvalue weighted by molar-refractivity contribution is 6.35. The van der Waals surface area contributed by atoms with Gasteiger partial charge in [0.25, 0.3) is 0 Å². The SMILES string of the molecule is C/C=C(\F)C(Cl)=C(c1ccccc1)c1ccccc1. The highest BCUT2D eigenvalue weighted by Crippen LogP contribution is 2.32. The van der Waals surface area contributed by atoms with Crippen molar-refractivity contribution in [2.75, 3.05) is 0 Å². The van der Waals surface area contributed by atoms with Gasteiger partial charge in [-0.2, -0.15) is 0 Å². The Balaban J connectivity index is 2.65. The molecule has 2 heteroatoms. The number of allylic oxidation sites excluding steroid dienone is 3. The van der Waals surface area contributed by atoms with E-state index in [0.29, 0.717) is 5.57 Å². The van der Waals surface area contributed by atoms with Crippen molar-refractivity contribution >= 4 is 17.2 Å². The molecule has 0 saturated heterocycles. The van der Waals surface area contributed by atoms with Gasteiger partial charge in [0.15, 0.2) is 0 Å². The van der Waals surface area contributed by atoms with E-state index in [1.807, 2.05) is 60.7 Å². The van der Waals surface area contributed by atoms with Gasteiger partial charge in [-0.25, -0.2) is 4.39 Å². The van der Waals surface area contributed by atoms with Gasteiger partial charge >= 0.3 is 0 Å². The van der Waals surface area contributed by atoms with Crippen molar-refractivity contribution in [3.8, 4) is 0 Å². The van der Waals surface area contributed by atoms with Crippen LogP contribution in [0.5, 0.6) is 0 Å². The predicted octanol–water partition coefficient (Wildman–Crippen LogP) is 5.56. The molecule has 0 aliphatic carbocycles. The van der Waals surface area contributed by atoms with E-state index in [-0.39, 0.29) is 5.03 Å². The molecule has 2 aromatic carbocycles. The standard InChI is InChI=1S/C17H14ClF/c1-2-15(19)17(18)16(13-9-5-3-6-10-13)14-11-7-4-8-12-14/h2-12H,1H3/b15-2-. The fourth-order valence-corrected chi connectivity index (χ4v) is 2.20. The monoisotopic (exact) mass is 272 g/mol. The zero-order chi connectivity index (χ0) is 13.7. The minimum absolute atomic E-state index is 0.139. The Morgan fingerprint density at radius 2 is 1.32 bits per heavy atom. The zero-order valence-electron chi connectivity index (χ0n) is 10.6. The lowest BCUT2D eigenvalue weighted by Crippen LogP contribution is -1.91. The Labute approximate surface area is 117 Å². The molecule has 19 heavy (non-hydrogen) atoms. The van der Waals surface area contributed by atoms with Crippen molar-refractivity contribution in [3.63, 3.8) is 0 Å². The van der Waals surface area contributed by atoms with E-state index in [4.69, 9.17) is 11.6 Å². The molecule has 96 valence electrons. The van der Waals surface area contributed by atoms with Crippen molar-refractivity contribution in [1.82, 2.24) is 0 Å². The molecule has 0 N–H and O–H groups in total. The van der Waals surface area contributed by atoms with Gasteiger partial charge < -0.3 is 0 Å². The van der Waals surface area contributed by atoms with Crippen LogP contribution in [0.15, 0.2) is 77.6 Å². The van der Waals surface area contributed by atoms with Gasteiger partial charge in [0, 0.05) is 5.57 Å². The summed E-state index contributed by atoms with van der Waals surface area (Å²) in [7, 11) is 0. The predicted molar refractivity (Wildman–Crippen MR) is 79.6 cm³/mol. The van der Waals surface area contributed by atoms with Gasteiger partial charge in [0.1, 0.15) is 5.83 Å². The smallest absolute Gasteiger partial charge is 0.138 e. The van der Waals surface area contributed by atoms with Crippen LogP contribution < -0.4 is 0 Å². The second-order valence-corrected chi connectivity index (χ2v) is 4.44. The minimum Gasteiger partial charge on any atom is -0.206 e. The Hall–Kier alpha value is -1.86. The van der Waals surface area contributed by atoms with E-state index in [1.165, 1.54) is 6.08 Å². The summed E-state index contributed by atoms with van der Waals surface area (Å²) in [5.74, 6) is -0.413. The number of hydrogen-bond acceptors (Lipinski definition) is 0. The van der Waals surface area contributed by atoms with E-state index in [1.54, 1.807) is 6.92 Å². The van der Waals surface area contributed by atoms with E-state index in [9.17, 15) is 4.39 Å². The first-order chi connectivity index (χ1) is 9.24. The van der Waals surface area contributed by atoms with Crippen molar-refractivity contribution in [2.24, 2.45) is 0 Å². The third kappa shape index (κ3) is 3.12. The first-order valence-corrected chi connectivity index (χ1v) is 6.44. The Bertz CT molecular complexity index is 556. The number of hydrogen-bond donors (Lipinski definition) is 0. The average molecular weight is 273 g/mol. The largest absolute Gasteiger partial charge is 0.206 e. The van der Waals surface area contributed by atoms with Crippen LogP contribution in [0, 0.1) is 0 Å². The van der Waals surface area contributed by atoms with Gasteiger partial charge in [-0.1, -0.05) is 78.3 Å². The van der Waals surface area contributed by atoms with Crippen LogP contribution >= 0.6 is 11.6 Å². The molecule has 0 aliphatic rings. The lowest BCUT2D eigenvalue weighted by atomic mass is 9.97. The molecular weight excluding hydrogens is 259 g/mol. The van der Waals surface area contributed by atoms with Gasteiger partial charge in [0.2, 0.25) is 0 Å². The molecule has 0 fully saturated rings. The maximum Gasteiger partial charge on any atom is 0.138 e. The van der Waals surface area contributed by atoms with Crippen LogP contribution in [0.4, 0.5) is 4.39 Å². The van der Waals surface area contributed by atoms with Crippen LogP contribution in [0.3, 0.4) is 0 Å². The van der Waals surface area contributed by atoms with Crippen LogP contribution in [0.1, 0.15) is 18.1 Å². The van der Waals surface area contributed by atoms with Crippen molar-refractivity contribution < 1.29 is 4.39 Å². The Morgan fingerprint density at radius 1 is 0.895 bits per heavy atom. The van der Waals surface area contributed by atoms with Crippen LogP contribution in [-0.2, 0) is 0 Å². The summed E-state index contributed by atoms with van der Waals surface area (Å²) in [6.07, 6.45) is 1.37. The molecule has 2 aromatic rings. The quantitative estimate of drug-likeness (QED) is 0.642. The minimum atomic E-state index is -0.413. The number of benzene rings is 2. The van der Waals surface area contributed by atoms with Gasteiger partial charge in [-0.15, -0.1) is 0 Å². The first kappa shape index (κ1) is 13.6. The molecule has 2 rings (SSSR count). The second-order valence-electron chi connectivity index (χ2n) is 4.06. The summed E-state index contributed by atoms with van der Waals surface area (Å²) < 4.78 is 13.8. The first-order valence-electron chi connectivity index (χ1n) is 6.07. The molecule has 0 saturated carbocycles. The van der Waals surface area contributed by atoms with E-state index < -0.39 is 5.83 Å². The summed E-state index contributed by atoms with van der Waals surface area (Å²) in [6.45, 7) is 1.63. The third-order valence-corrected chi connectivity index (χ3v) is 3.18. The topological polar surface area (TPSA) is 0 Å². The highest BCUT2D eigenvalue weighted by atomic mass is 35.5. The fraction of sp³-hybridized carbons (Fsp3) is 0.0588. The molecule has 0 radical (unpaired) electrons. The Kier molecular flexibility index (Phi) is 4.53. The van der Waals surface area contributed by atoms with Gasteiger partial charge in [0.05, 0.1) is 5.03 Å². The van der Waals surface area contributed by atoms with Crippen molar-refractivity contribution in [2.45, 2.75) is 6.92 Å². The summed E-state index contributed by atoms with van der Waals surface area (Å²) in [5, 5.41) is 0.139. The Morgan fingerprint density at radius 3 is 1.68 bits per heavy atom. The molecule has 0 nitrogen and oxygen atoms in total. The second kappa shape index (κ2) is 6.35. The molecule has 0 aliphatic heterocycles. The van der Waals surface area contributed by atoms with Crippen LogP contribution in [0.25, 0.3) is 5.57 Å². The maximum absolute atomic E-state index is 13.8. The molecule has 0 bridgehead atoms. The molecular formula is C17H14ClF. The lowest BCUT2D eigenvalue weighted by Gasteiger charge is -2.11. The number of halogens is 2. The third-order valence-electron chi connectivity index (χ3n) is 2.81. The maximum atomic E-state index is 13.8. The van der Waals surface area contributed by atoms with Crippen molar-refractivity contribution in [1.29, 1.82) is 0 Å². The molecule has 0 amide bonds. The van der Waals surface area contributed by atoms with Gasteiger partial charge in [-0.05, 0) is 18.1 Å². The summed E-state index contributed by atoms with van der Waals surface area (Å²) in [6, 6.07) is 19.2. The van der Waals surface area contributed by atoms with Crippen molar-refractivity contribution in [3.05, 3.63) is 88.7 Å². The van der Waals surface area contributed by atoms with Crippen LogP contribution in [0.2, 0.25) is 0 Å². The van der Waals surface area contributed by atoms with E-state index >= 15 is 0 Å². The molecule has 0 heterocycles. The van der Waals surface area contributed by atoms with Gasteiger partial charge in [-0.3, -0.25) is 0 Å².